The van der Waals surface area contributed by atoms with Crippen molar-refractivity contribution in [2.45, 2.75) is 33.1 Å². The van der Waals surface area contributed by atoms with E-state index in [0.717, 1.165) is 34.9 Å². The molecule has 1 aliphatic rings. The van der Waals surface area contributed by atoms with Gasteiger partial charge in [0, 0.05) is 5.75 Å². The highest BCUT2D eigenvalue weighted by Crippen LogP contribution is 2.32. The molecule has 1 aliphatic heterocycles. The van der Waals surface area contributed by atoms with Gasteiger partial charge in [0.25, 0.3) is 0 Å². The van der Waals surface area contributed by atoms with E-state index in [1.165, 1.54) is 35.1 Å². The standard InChI is InChI=1S/C23H26N4S/c1-3-4-8-16(2)21(17-9-6-5-7-10-17)18-11-12-19-20(15-18)27(22(24)26-19)23-25-13-14-28-23/h5-7,9-12,15H,3-4,8,13-14H2,1-2H3,(H2,24,26). The molecule has 0 radical (unpaired) electrons. The number of benzene rings is 2. The van der Waals surface area contributed by atoms with Crippen LogP contribution in [0.1, 0.15) is 44.2 Å². The molecule has 0 aliphatic carbocycles. The Balaban J connectivity index is 1.88. The van der Waals surface area contributed by atoms with Gasteiger partial charge in [-0.15, -0.1) is 0 Å². The molecule has 0 amide bonds. The third-order valence-corrected chi connectivity index (χ3v) is 6.08. The van der Waals surface area contributed by atoms with Crippen LogP contribution in [0.2, 0.25) is 0 Å². The second-order valence-electron chi connectivity index (χ2n) is 7.15. The molecule has 0 unspecified atom stereocenters. The highest BCUT2D eigenvalue weighted by atomic mass is 32.2. The number of aliphatic imine (C=N–C) groups is 1. The van der Waals surface area contributed by atoms with E-state index in [2.05, 4.69) is 72.4 Å². The Kier molecular flexibility index (Phi) is 5.53. The summed E-state index contributed by atoms with van der Waals surface area (Å²) < 4.78 is 2.00. The van der Waals surface area contributed by atoms with E-state index in [-0.39, 0.29) is 0 Å². The maximum atomic E-state index is 6.24. The summed E-state index contributed by atoms with van der Waals surface area (Å²) in [7, 11) is 0. The van der Waals surface area contributed by atoms with Crippen LogP contribution >= 0.6 is 11.8 Å². The fourth-order valence-corrected chi connectivity index (χ4v) is 4.61. The molecule has 0 saturated heterocycles. The number of hydrogen-bond acceptors (Lipinski definition) is 4. The second-order valence-corrected chi connectivity index (χ2v) is 8.21. The molecule has 2 N–H and O–H groups in total. The Labute approximate surface area is 170 Å². The molecule has 0 saturated carbocycles. The average Bonchev–Trinajstić information content (AvgIpc) is 3.34. The summed E-state index contributed by atoms with van der Waals surface area (Å²) in [5, 5.41) is 0.949. The first-order valence-electron chi connectivity index (χ1n) is 9.90. The van der Waals surface area contributed by atoms with Crippen molar-refractivity contribution in [2.24, 2.45) is 4.99 Å². The molecule has 5 heteroatoms. The van der Waals surface area contributed by atoms with Gasteiger partial charge in [-0.3, -0.25) is 9.56 Å². The van der Waals surface area contributed by atoms with Gasteiger partial charge in [0.15, 0.2) is 5.17 Å². The fraction of sp³-hybridized carbons (Fsp3) is 0.304. The van der Waals surface area contributed by atoms with Crippen LogP contribution in [-0.4, -0.2) is 27.0 Å². The third kappa shape index (κ3) is 3.59. The van der Waals surface area contributed by atoms with Crippen molar-refractivity contribution in [3.05, 3.63) is 65.2 Å². The number of anilines is 1. The van der Waals surface area contributed by atoms with Gasteiger partial charge in [0.1, 0.15) is 0 Å². The lowest BCUT2D eigenvalue weighted by atomic mass is 9.91. The van der Waals surface area contributed by atoms with E-state index in [9.17, 15) is 0 Å². The predicted molar refractivity (Wildman–Crippen MR) is 122 cm³/mol. The molecule has 2 heterocycles. The maximum Gasteiger partial charge on any atom is 0.207 e. The van der Waals surface area contributed by atoms with Gasteiger partial charge in [0.05, 0.1) is 17.6 Å². The van der Waals surface area contributed by atoms with Crippen molar-refractivity contribution >= 4 is 39.5 Å². The number of nitrogen functional groups attached to an aromatic ring is 1. The molecule has 2 aromatic carbocycles. The summed E-state index contributed by atoms with van der Waals surface area (Å²) in [6.07, 6.45) is 3.49. The minimum Gasteiger partial charge on any atom is -0.369 e. The predicted octanol–water partition coefficient (Wildman–Crippen LogP) is 5.58. The quantitative estimate of drug-likeness (QED) is 0.618. The number of nitrogens with two attached hydrogens (primary N) is 1. The van der Waals surface area contributed by atoms with E-state index in [1.54, 1.807) is 11.8 Å². The number of hydrogen-bond donors (Lipinski definition) is 1. The van der Waals surface area contributed by atoms with E-state index in [4.69, 9.17) is 5.73 Å². The van der Waals surface area contributed by atoms with E-state index in [0.29, 0.717) is 5.95 Å². The molecule has 0 fully saturated rings. The van der Waals surface area contributed by atoms with Gasteiger partial charge in [0.2, 0.25) is 5.95 Å². The maximum absolute atomic E-state index is 6.24. The highest BCUT2D eigenvalue weighted by molar-refractivity contribution is 8.14. The lowest BCUT2D eigenvalue weighted by Gasteiger charge is -2.14. The molecular formula is C23H26N4S. The molecular weight excluding hydrogens is 364 g/mol. The first-order valence-corrected chi connectivity index (χ1v) is 10.9. The summed E-state index contributed by atoms with van der Waals surface area (Å²) in [6.45, 7) is 5.33. The van der Waals surface area contributed by atoms with Crippen LogP contribution in [0.15, 0.2) is 59.1 Å². The zero-order valence-electron chi connectivity index (χ0n) is 16.5. The number of rotatable bonds is 5. The van der Waals surface area contributed by atoms with Gasteiger partial charge < -0.3 is 5.73 Å². The summed E-state index contributed by atoms with van der Waals surface area (Å²) in [5.74, 6) is 1.51. The van der Waals surface area contributed by atoms with Crippen LogP contribution in [0.4, 0.5) is 5.95 Å². The van der Waals surface area contributed by atoms with Gasteiger partial charge in [-0.2, -0.15) is 0 Å². The highest BCUT2D eigenvalue weighted by Gasteiger charge is 2.18. The molecule has 0 bridgehead atoms. The largest absolute Gasteiger partial charge is 0.369 e. The van der Waals surface area contributed by atoms with Crippen molar-refractivity contribution < 1.29 is 0 Å². The Hall–Kier alpha value is -2.53. The molecule has 28 heavy (non-hydrogen) atoms. The molecule has 4 rings (SSSR count). The number of nitrogens with zero attached hydrogens (tertiary/aromatic N) is 3. The van der Waals surface area contributed by atoms with Crippen molar-refractivity contribution in [1.82, 2.24) is 9.55 Å². The number of unbranched alkanes of at least 4 members (excludes halogenated alkanes) is 1. The smallest absolute Gasteiger partial charge is 0.207 e. The number of aromatic nitrogens is 2. The molecule has 1 aromatic heterocycles. The van der Waals surface area contributed by atoms with Crippen LogP contribution in [0.5, 0.6) is 0 Å². The topological polar surface area (TPSA) is 56.2 Å². The molecule has 0 spiro atoms. The lowest BCUT2D eigenvalue weighted by Crippen LogP contribution is -2.09. The van der Waals surface area contributed by atoms with Crippen LogP contribution in [0, 0.1) is 0 Å². The Morgan fingerprint density at radius 2 is 1.96 bits per heavy atom. The minimum atomic E-state index is 0.508. The Morgan fingerprint density at radius 3 is 2.68 bits per heavy atom. The summed E-state index contributed by atoms with van der Waals surface area (Å²) >= 11 is 1.74. The normalized spacial score (nSPS) is 15.0. The zero-order chi connectivity index (χ0) is 19.5. The monoisotopic (exact) mass is 390 g/mol. The summed E-state index contributed by atoms with van der Waals surface area (Å²) in [4.78, 5) is 9.16. The lowest BCUT2D eigenvalue weighted by molar-refractivity contribution is 0.789. The number of allylic oxidation sites excluding steroid dienone is 1. The van der Waals surface area contributed by atoms with Crippen LogP contribution in [-0.2, 0) is 0 Å². The Bertz CT molecular complexity index is 1050. The van der Waals surface area contributed by atoms with Crippen LogP contribution in [0.25, 0.3) is 16.6 Å². The first-order chi connectivity index (χ1) is 13.7. The number of fused-ring (bicyclic) bond motifs is 1. The van der Waals surface area contributed by atoms with Crippen molar-refractivity contribution in [3.8, 4) is 0 Å². The fourth-order valence-electron chi connectivity index (χ4n) is 3.74. The minimum absolute atomic E-state index is 0.508. The van der Waals surface area contributed by atoms with Crippen molar-refractivity contribution in [1.29, 1.82) is 0 Å². The SMILES string of the molecule is CCCCC(C)=C(c1ccccc1)c1ccc2nc(N)n(C3=NCCS3)c2c1. The molecule has 4 nitrogen and oxygen atoms in total. The van der Waals surface area contributed by atoms with Crippen molar-refractivity contribution in [2.75, 3.05) is 18.0 Å². The average molecular weight is 391 g/mol. The number of thioether (sulfide) groups is 1. The van der Waals surface area contributed by atoms with Gasteiger partial charge in [-0.05, 0) is 48.6 Å². The van der Waals surface area contributed by atoms with Gasteiger partial charge >= 0.3 is 0 Å². The number of imidazole rings is 1. The first kappa shape index (κ1) is 18.8. The summed E-state index contributed by atoms with van der Waals surface area (Å²) in [5.41, 5.74) is 13.4. The molecule has 0 atom stereocenters. The van der Waals surface area contributed by atoms with E-state index in [1.807, 2.05) is 4.57 Å². The molecule has 144 valence electrons. The van der Waals surface area contributed by atoms with E-state index >= 15 is 0 Å². The van der Waals surface area contributed by atoms with Crippen LogP contribution in [0.3, 0.4) is 0 Å². The Morgan fingerprint density at radius 1 is 1.14 bits per heavy atom. The third-order valence-electron chi connectivity index (χ3n) is 5.12. The zero-order valence-corrected chi connectivity index (χ0v) is 17.3. The van der Waals surface area contributed by atoms with Crippen molar-refractivity contribution in [3.63, 3.8) is 0 Å². The molecule has 3 aromatic rings. The summed E-state index contributed by atoms with van der Waals surface area (Å²) in [6, 6.07) is 17.1. The van der Waals surface area contributed by atoms with E-state index < -0.39 is 0 Å². The van der Waals surface area contributed by atoms with Gasteiger partial charge in [-0.1, -0.05) is 67.1 Å². The second kappa shape index (κ2) is 8.23. The van der Waals surface area contributed by atoms with Gasteiger partial charge in [-0.25, -0.2) is 4.98 Å². The van der Waals surface area contributed by atoms with Crippen LogP contribution < -0.4 is 5.73 Å².